The number of nitrogens with one attached hydrogen (secondary N) is 1. The van der Waals surface area contributed by atoms with Crippen LogP contribution in [-0.4, -0.2) is 5.91 Å². The summed E-state index contributed by atoms with van der Waals surface area (Å²) < 4.78 is 2.54. The Morgan fingerprint density at radius 3 is 2.39 bits per heavy atom. The third-order valence-electron chi connectivity index (χ3n) is 3.93. The van der Waals surface area contributed by atoms with Crippen LogP contribution in [0.5, 0.6) is 0 Å². The molecule has 0 atom stereocenters. The molecule has 2 nitrogen and oxygen atoms in total. The van der Waals surface area contributed by atoms with Crippen LogP contribution >= 0.6 is 11.3 Å². The van der Waals surface area contributed by atoms with Gasteiger partial charge in [0.2, 0.25) is 5.91 Å². The molecule has 0 radical (unpaired) electrons. The quantitative estimate of drug-likeness (QED) is 0.506. The highest BCUT2D eigenvalue weighted by atomic mass is 32.1. The molecule has 0 aliphatic carbocycles. The van der Waals surface area contributed by atoms with Crippen molar-refractivity contribution in [2.45, 2.75) is 6.92 Å². The summed E-state index contributed by atoms with van der Waals surface area (Å²) in [4.78, 5) is 11.5. The second-order valence-corrected chi connectivity index (χ2v) is 6.56. The minimum Gasteiger partial charge on any atom is -0.326 e. The number of carbonyl (C=O) groups is 1. The molecular weight excluding hydrogens is 302 g/mol. The molecule has 0 unspecified atom stereocenters. The Balaban J connectivity index is 2.02. The van der Waals surface area contributed by atoms with Crippen LogP contribution in [0.25, 0.3) is 31.3 Å². The summed E-state index contributed by atoms with van der Waals surface area (Å²) in [6.45, 7) is 1.54. The predicted molar refractivity (Wildman–Crippen MR) is 99.1 cm³/mol. The smallest absolute Gasteiger partial charge is 0.221 e. The van der Waals surface area contributed by atoms with Crippen molar-refractivity contribution in [3.8, 4) is 11.1 Å². The number of thiophene rings is 1. The topological polar surface area (TPSA) is 29.1 Å². The first kappa shape index (κ1) is 14.0. The van der Waals surface area contributed by atoms with E-state index in [0.717, 1.165) is 16.8 Å². The molecular formula is C20H15NOS. The zero-order valence-corrected chi connectivity index (χ0v) is 13.5. The van der Waals surface area contributed by atoms with Gasteiger partial charge in [-0.15, -0.1) is 11.3 Å². The second kappa shape index (κ2) is 5.52. The lowest BCUT2D eigenvalue weighted by Crippen LogP contribution is -2.06. The predicted octanol–water partition coefficient (Wildman–Crippen LogP) is 5.68. The first-order valence-corrected chi connectivity index (χ1v) is 8.33. The number of carbonyl (C=O) groups excluding carboxylic acids is 1. The number of hydrogen-bond acceptors (Lipinski definition) is 2. The minimum atomic E-state index is -0.0547. The van der Waals surface area contributed by atoms with Crippen molar-refractivity contribution in [1.29, 1.82) is 0 Å². The number of anilines is 1. The Hall–Kier alpha value is -2.65. The van der Waals surface area contributed by atoms with Crippen molar-refractivity contribution in [2.75, 3.05) is 5.32 Å². The van der Waals surface area contributed by atoms with Gasteiger partial charge in [0, 0.05) is 43.9 Å². The van der Waals surface area contributed by atoms with Crippen LogP contribution in [0.4, 0.5) is 5.69 Å². The number of amides is 1. The lowest BCUT2D eigenvalue weighted by Gasteiger charge is -2.10. The maximum Gasteiger partial charge on any atom is 0.221 e. The molecule has 4 rings (SSSR count). The van der Waals surface area contributed by atoms with Crippen LogP contribution in [-0.2, 0) is 4.79 Å². The van der Waals surface area contributed by atoms with Gasteiger partial charge in [0.25, 0.3) is 0 Å². The van der Waals surface area contributed by atoms with Gasteiger partial charge in [-0.25, -0.2) is 0 Å². The normalized spacial score (nSPS) is 11.0. The van der Waals surface area contributed by atoms with Gasteiger partial charge >= 0.3 is 0 Å². The van der Waals surface area contributed by atoms with Crippen LogP contribution in [0.1, 0.15) is 6.92 Å². The van der Waals surface area contributed by atoms with Gasteiger partial charge < -0.3 is 5.32 Å². The molecule has 0 aliphatic rings. The van der Waals surface area contributed by atoms with Gasteiger partial charge in [0.15, 0.2) is 0 Å². The fraction of sp³-hybridized carbons (Fsp3) is 0.0500. The highest BCUT2D eigenvalue weighted by Crippen LogP contribution is 2.41. The van der Waals surface area contributed by atoms with E-state index in [2.05, 4.69) is 53.8 Å². The molecule has 0 bridgehead atoms. The highest BCUT2D eigenvalue weighted by Gasteiger charge is 2.12. The van der Waals surface area contributed by atoms with E-state index in [9.17, 15) is 4.79 Å². The molecule has 1 amide bonds. The SMILES string of the molecule is CC(=O)Nc1ccccc1-c1cccc2c1sc1ccccc12. The summed E-state index contributed by atoms with van der Waals surface area (Å²) >= 11 is 1.80. The van der Waals surface area contributed by atoms with E-state index in [4.69, 9.17) is 0 Å². The molecule has 0 aliphatic heterocycles. The Labute approximate surface area is 138 Å². The third kappa shape index (κ3) is 2.39. The van der Waals surface area contributed by atoms with E-state index in [0.29, 0.717) is 0 Å². The van der Waals surface area contributed by atoms with Crippen molar-refractivity contribution in [3.63, 3.8) is 0 Å². The third-order valence-corrected chi connectivity index (χ3v) is 5.15. The second-order valence-electron chi connectivity index (χ2n) is 5.51. The van der Waals surface area contributed by atoms with Crippen LogP contribution in [0.15, 0.2) is 66.7 Å². The van der Waals surface area contributed by atoms with Crippen molar-refractivity contribution in [2.24, 2.45) is 0 Å². The molecule has 0 saturated carbocycles. The monoisotopic (exact) mass is 317 g/mol. The fourth-order valence-corrected chi connectivity index (χ4v) is 4.21. The van der Waals surface area contributed by atoms with Gasteiger partial charge in [-0.1, -0.05) is 54.6 Å². The summed E-state index contributed by atoms with van der Waals surface area (Å²) in [6.07, 6.45) is 0. The molecule has 1 aromatic heterocycles. The molecule has 3 heteroatoms. The fourth-order valence-electron chi connectivity index (χ4n) is 2.98. The van der Waals surface area contributed by atoms with Crippen molar-refractivity contribution in [1.82, 2.24) is 0 Å². The minimum absolute atomic E-state index is 0.0547. The lowest BCUT2D eigenvalue weighted by atomic mass is 10.0. The van der Waals surface area contributed by atoms with E-state index in [1.165, 1.54) is 27.1 Å². The number of para-hydroxylation sites is 1. The van der Waals surface area contributed by atoms with E-state index in [1.54, 1.807) is 11.3 Å². The molecule has 0 spiro atoms. The van der Waals surface area contributed by atoms with Gasteiger partial charge in [0.1, 0.15) is 0 Å². The first-order chi connectivity index (χ1) is 11.2. The summed E-state index contributed by atoms with van der Waals surface area (Å²) in [7, 11) is 0. The van der Waals surface area contributed by atoms with Crippen LogP contribution in [0, 0.1) is 0 Å². The lowest BCUT2D eigenvalue weighted by molar-refractivity contribution is -0.114. The molecule has 1 heterocycles. The summed E-state index contributed by atoms with van der Waals surface area (Å²) in [6, 6.07) is 22.8. The average Bonchev–Trinajstić information content (AvgIpc) is 2.94. The average molecular weight is 317 g/mol. The number of fused-ring (bicyclic) bond motifs is 3. The number of rotatable bonds is 2. The molecule has 23 heavy (non-hydrogen) atoms. The van der Waals surface area contributed by atoms with Crippen molar-refractivity contribution < 1.29 is 4.79 Å². The Morgan fingerprint density at radius 1 is 0.826 bits per heavy atom. The van der Waals surface area contributed by atoms with E-state index in [1.807, 2.05) is 18.2 Å². The molecule has 3 aromatic carbocycles. The zero-order valence-electron chi connectivity index (χ0n) is 12.7. The summed E-state index contributed by atoms with van der Waals surface area (Å²) in [5, 5.41) is 5.48. The van der Waals surface area contributed by atoms with Gasteiger partial charge in [-0.3, -0.25) is 4.79 Å². The van der Waals surface area contributed by atoms with Gasteiger partial charge in [-0.2, -0.15) is 0 Å². The van der Waals surface area contributed by atoms with Crippen LogP contribution < -0.4 is 5.32 Å². The number of hydrogen-bond donors (Lipinski definition) is 1. The summed E-state index contributed by atoms with van der Waals surface area (Å²) in [5.41, 5.74) is 3.07. The zero-order chi connectivity index (χ0) is 15.8. The molecule has 4 aromatic rings. The van der Waals surface area contributed by atoms with Crippen LogP contribution in [0.3, 0.4) is 0 Å². The Morgan fingerprint density at radius 2 is 1.52 bits per heavy atom. The van der Waals surface area contributed by atoms with Crippen molar-refractivity contribution in [3.05, 3.63) is 66.7 Å². The highest BCUT2D eigenvalue weighted by molar-refractivity contribution is 7.26. The van der Waals surface area contributed by atoms with Gasteiger partial charge in [-0.05, 0) is 12.1 Å². The van der Waals surface area contributed by atoms with Gasteiger partial charge in [0.05, 0.1) is 0 Å². The molecule has 112 valence electrons. The van der Waals surface area contributed by atoms with E-state index >= 15 is 0 Å². The largest absolute Gasteiger partial charge is 0.326 e. The van der Waals surface area contributed by atoms with E-state index in [-0.39, 0.29) is 5.91 Å². The standard InChI is InChI=1S/C20H15NOS/c1-13(22)21-18-11-4-2-7-14(18)16-9-6-10-17-15-8-3-5-12-19(15)23-20(16)17/h2-12H,1H3,(H,21,22). The summed E-state index contributed by atoms with van der Waals surface area (Å²) in [5.74, 6) is -0.0547. The first-order valence-electron chi connectivity index (χ1n) is 7.51. The molecule has 0 fully saturated rings. The Bertz CT molecular complexity index is 1030. The van der Waals surface area contributed by atoms with Crippen molar-refractivity contribution >= 4 is 43.1 Å². The Kier molecular flexibility index (Phi) is 3.36. The maximum absolute atomic E-state index is 11.5. The molecule has 0 saturated heterocycles. The number of benzene rings is 3. The maximum atomic E-state index is 11.5. The van der Waals surface area contributed by atoms with Crippen LogP contribution in [0.2, 0.25) is 0 Å². The van der Waals surface area contributed by atoms with E-state index < -0.39 is 0 Å². The molecule has 1 N–H and O–H groups in total.